The van der Waals surface area contributed by atoms with Crippen molar-refractivity contribution in [2.75, 3.05) is 5.75 Å². The maximum Gasteiger partial charge on any atom is 0.248 e. The molecule has 3 N–H and O–H groups in total. The molecule has 0 aliphatic rings. The molecule has 6 nitrogen and oxygen atoms in total. The highest BCUT2D eigenvalue weighted by molar-refractivity contribution is 7.99. The number of benzene rings is 1. The molecule has 21 heavy (non-hydrogen) atoms. The summed E-state index contributed by atoms with van der Waals surface area (Å²) in [6, 6.07) is 8.44. The molecule has 0 unspecified atom stereocenters. The monoisotopic (exact) mass is 302 g/mol. The SMILES string of the molecule is C=C(NNC(=O)CSc1ncccn1)c1ccccc1O. The van der Waals surface area contributed by atoms with Crippen molar-refractivity contribution in [1.82, 2.24) is 20.8 Å². The van der Waals surface area contributed by atoms with Crippen molar-refractivity contribution in [3.05, 3.63) is 54.9 Å². The van der Waals surface area contributed by atoms with Crippen molar-refractivity contribution in [2.24, 2.45) is 0 Å². The van der Waals surface area contributed by atoms with E-state index in [1.807, 2.05) is 0 Å². The Kier molecular flexibility index (Phi) is 5.16. The van der Waals surface area contributed by atoms with Crippen LogP contribution in [0.25, 0.3) is 5.70 Å². The third-order valence-corrected chi connectivity index (χ3v) is 3.33. The van der Waals surface area contributed by atoms with Gasteiger partial charge in [0.25, 0.3) is 0 Å². The largest absolute Gasteiger partial charge is 0.507 e. The summed E-state index contributed by atoms with van der Waals surface area (Å²) in [5, 5.41) is 10.2. The molecule has 2 aromatic rings. The minimum atomic E-state index is -0.246. The minimum Gasteiger partial charge on any atom is -0.507 e. The normalized spacial score (nSPS) is 9.90. The van der Waals surface area contributed by atoms with Crippen molar-refractivity contribution < 1.29 is 9.90 Å². The van der Waals surface area contributed by atoms with Gasteiger partial charge < -0.3 is 5.11 Å². The Labute approximate surface area is 126 Å². The van der Waals surface area contributed by atoms with E-state index in [0.717, 1.165) is 0 Å². The third-order valence-electron chi connectivity index (χ3n) is 2.46. The van der Waals surface area contributed by atoms with Crippen LogP contribution in [0.2, 0.25) is 0 Å². The van der Waals surface area contributed by atoms with Crippen LogP contribution in [-0.2, 0) is 4.79 Å². The van der Waals surface area contributed by atoms with Gasteiger partial charge in [-0.05, 0) is 18.2 Å². The zero-order chi connectivity index (χ0) is 15.1. The number of aromatic hydroxyl groups is 1. The molecule has 108 valence electrons. The summed E-state index contributed by atoms with van der Waals surface area (Å²) in [7, 11) is 0. The van der Waals surface area contributed by atoms with Crippen molar-refractivity contribution >= 4 is 23.4 Å². The fourth-order valence-electron chi connectivity index (χ4n) is 1.47. The summed E-state index contributed by atoms with van der Waals surface area (Å²) in [4.78, 5) is 19.7. The van der Waals surface area contributed by atoms with Gasteiger partial charge in [0.05, 0.1) is 11.4 Å². The summed E-state index contributed by atoms with van der Waals surface area (Å²) in [5.41, 5.74) is 6.10. The Morgan fingerprint density at radius 3 is 2.62 bits per heavy atom. The number of rotatable bonds is 6. The van der Waals surface area contributed by atoms with E-state index >= 15 is 0 Å². The first kappa shape index (κ1) is 14.9. The molecule has 0 saturated heterocycles. The second kappa shape index (κ2) is 7.30. The molecule has 0 spiro atoms. The molecule has 1 amide bonds. The molecule has 0 aliphatic carbocycles. The van der Waals surface area contributed by atoms with E-state index in [4.69, 9.17) is 0 Å². The molecular formula is C14H14N4O2S. The molecular weight excluding hydrogens is 288 g/mol. The van der Waals surface area contributed by atoms with Crippen LogP contribution in [0.1, 0.15) is 5.56 Å². The third kappa shape index (κ3) is 4.50. The predicted octanol–water partition coefficient (Wildman–Crippen LogP) is 1.57. The van der Waals surface area contributed by atoms with E-state index < -0.39 is 0 Å². The first-order valence-electron chi connectivity index (χ1n) is 6.09. The van der Waals surface area contributed by atoms with Gasteiger partial charge in [-0.3, -0.25) is 15.6 Å². The number of carbonyl (C=O) groups is 1. The maximum atomic E-state index is 11.7. The van der Waals surface area contributed by atoms with Gasteiger partial charge >= 0.3 is 0 Å². The van der Waals surface area contributed by atoms with Crippen molar-refractivity contribution in [3.63, 3.8) is 0 Å². The molecule has 2 rings (SSSR count). The summed E-state index contributed by atoms with van der Waals surface area (Å²) in [5.74, 6) is 0.0192. The number of para-hydroxylation sites is 1. The number of phenolic OH excluding ortho intramolecular Hbond substituents is 1. The molecule has 0 saturated carbocycles. The standard InChI is InChI=1S/C14H14N4O2S/c1-10(11-5-2-3-6-12(11)19)17-18-13(20)9-21-14-15-7-4-8-16-14/h2-8,17,19H,1,9H2,(H,18,20). The molecule has 0 radical (unpaired) electrons. The quantitative estimate of drug-likeness (QED) is 0.426. The van der Waals surface area contributed by atoms with Gasteiger partial charge in [0.2, 0.25) is 5.91 Å². The predicted molar refractivity (Wildman–Crippen MR) is 81.2 cm³/mol. The van der Waals surface area contributed by atoms with Gasteiger partial charge in [0.1, 0.15) is 5.75 Å². The number of nitrogens with one attached hydrogen (secondary N) is 2. The van der Waals surface area contributed by atoms with E-state index in [1.54, 1.807) is 42.7 Å². The molecule has 7 heteroatoms. The van der Waals surface area contributed by atoms with E-state index in [0.29, 0.717) is 16.4 Å². The van der Waals surface area contributed by atoms with Gasteiger partial charge in [-0.15, -0.1) is 0 Å². The second-order valence-electron chi connectivity index (χ2n) is 3.99. The van der Waals surface area contributed by atoms with Crippen LogP contribution >= 0.6 is 11.8 Å². The molecule has 0 aliphatic heterocycles. The zero-order valence-corrected chi connectivity index (χ0v) is 11.9. The molecule has 0 atom stereocenters. The lowest BCUT2D eigenvalue weighted by Gasteiger charge is -2.11. The average molecular weight is 302 g/mol. The molecule has 1 aromatic heterocycles. The number of aromatic nitrogens is 2. The highest BCUT2D eigenvalue weighted by Gasteiger charge is 2.07. The lowest BCUT2D eigenvalue weighted by molar-refractivity contribution is -0.119. The number of nitrogens with zero attached hydrogens (tertiary/aromatic N) is 2. The molecule has 1 heterocycles. The Morgan fingerprint density at radius 1 is 1.19 bits per heavy atom. The van der Waals surface area contributed by atoms with Gasteiger partial charge in [0, 0.05) is 18.0 Å². The van der Waals surface area contributed by atoms with Crippen LogP contribution in [0.5, 0.6) is 5.75 Å². The van der Waals surface area contributed by atoms with Crippen LogP contribution in [0.4, 0.5) is 0 Å². The number of hydrogen-bond donors (Lipinski definition) is 3. The number of thioether (sulfide) groups is 1. The summed E-state index contributed by atoms with van der Waals surface area (Å²) in [6.07, 6.45) is 3.23. The summed E-state index contributed by atoms with van der Waals surface area (Å²) < 4.78 is 0. The van der Waals surface area contributed by atoms with E-state index in [1.165, 1.54) is 11.8 Å². The fraction of sp³-hybridized carbons (Fsp3) is 0.0714. The van der Waals surface area contributed by atoms with Gasteiger partial charge in [0.15, 0.2) is 5.16 Å². The van der Waals surface area contributed by atoms with Crippen LogP contribution in [0, 0.1) is 0 Å². The van der Waals surface area contributed by atoms with Crippen molar-refractivity contribution in [2.45, 2.75) is 5.16 Å². The lowest BCUT2D eigenvalue weighted by Crippen LogP contribution is -2.37. The fourth-order valence-corrected chi connectivity index (χ4v) is 2.07. The second-order valence-corrected chi connectivity index (χ2v) is 4.93. The number of hydrazine groups is 1. The Balaban J connectivity index is 1.79. The molecule has 0 bridgehead atoms. The first-order valence-corrected chi connectivity index (χ1v) is 7.07. The maximum absolute atomic E-state index is 11.7. The zero-order valence-electron chi connectivity index (χ0n) is 11.1. The highest BCUT2D eigenvalue weighted by Crippen LogP contribution is 2.20. The van der Waals surface area contributed by atoms with Gasteiger partial charge in [-0.1, -0.05) is 30.5 Å². The lowest BCUT2D eigenvalue weighted by atomic mass is 10.1. The number of hydrogen-bond acceptors (Lipinski definition) is 6. The van der Waals surface area contributed by atoms with Gasteiger partial charge in [-0.25, -0.2) is 9.97 Å². The first-order chi connectivity index (χ1) is 10.2. The van der Waals surface area contributed by atoms with Gasteiger partial charge in [-0.2, -0.15) is 0 Å². The number of phenols is 1. The van der Waals surface area contributed by atoms with E-state index in [2.05, 4.69) is 27.4 Å². The average Bonchev–Trinajstić information content (AvgIpc) is 2.52. The minimum absolute atomic E-state index is 0.0938. The summed E-state index contributed by atoms with van der Waals surface area (Å²) in [6.45, 7) is 3.76. The van der Waals surface area contributed by atoms with E-state index in [9.17, 15) is 9.90 Å². The van der Waals surface area contributed by atoms with Crippen LogP contribution in [-0.4, -0.2) is 26.7 Å². The Morgan fingerprint density at radius 2 is 1.90 bits per heavy atom. The number of carbonyl (C=O) groups excluding carboxylic acids is 1. The Bertz CT molecular complexity index is 634. The van der Waals surface area contributed by atoms with Crippen molar-refractivity contribution in [1.29, 1.82) is 0 Å². The molecule has 1 aromatic carbocycles. The smallest absolute Gasteiger partial charge is 0.248 e. The highest BCUT2D eigenvalue weighted by atomic mass is 32.2. The molecule has 0 fully saturated rings. The van der Waals surface area contributed by atoms with Crippen LogP contribution < -0.4 is 10.9 Å². The summed E-state index contributed by atoms with van der Waals surface area (Å²) >= 11 is 1.23. The van der Waals surface area contributed by atoms with Crippen LogP contribution in [0.15, 0.2) is 54.5 Å². The topological polar surface area (TPSA) is 87.1 Å². The number of amides is 1. The van der Waals surface area contributed by atoms with Crippen LogP contribution in [0.3, 0.4) is 0 Å². The Hall–Kier alpha value is -2.54. The van der Waals surface area contributed by atoms with E-state index in [-0.39, 0.29) is 17.4 Å². The van der Waals surface area contributed by atoms with Crippen molar-refractivity contribution in [3.8, 4) is 5.75 Å².